The molecule has 4 heteroatoms. The molecule has 1 N–H and O–H groups in total. The summed E-state index contributed by atoms with van der Waals surface area (Å²) >= 11 is 6.08. The number of hydrogen-bond acceptors (Lipinski definition) is 3. The Kier molecular flexibility index (Phi) is 4.12. The third-order valence-electron chi connectivity index (χ3n) is 3.69. The fraction of sp³-hybridized carbons (Fsp3) is 0.500. The van der Waals surface area contributed by atoms with Crippen LogP contribution in [-0.2, 0) is 0 Å². The molecule has 0 spiro atoms. The van der Waals surface area contributed by atoms with Gasteiger partial charge in [-0.15, -0.1) is 11.6 Å². The first-order chi connectivity index (χ1) is 8.73. The van der Waals surface area contributed by atoms with Crippen LogP contribution < -0.4 is 5.32 Å². The van der Waals surface area contributed by atoms with Gasteiger partial charge in [0.1, 0.15) is 5.52 Å². The lowest BCUT2D eigenvalue weighted by molar-refractivity contribution is 0.324. The molecule has 0 radical (unpaired) electrons. The highest BCUT2D eigenvalue weighted by Crippen LogP contribution is 2.28. The minimum Gasteiger partial charge on any atom is -0.424 e. The van der Waals surface area contributed by atoms with Crippen molar-refractivity contribution in [2.75, 3.05) is 17.7 Å². The summed E-state index contributed by atoms with van der Waals surface area (Å²) in [4.78, 5) is 4.40. The van der Waals surface area contributed by atoms with Crippen LogP contribution in [0.25, 0.3) is 11.1 Å². The van der Waals surface area contributed by atoms with Gasteiger partial charge in [-0.05, 0) is 25.0 Å². The molecule has 0 atom stereocenters. The average molecular weight is 267 g/mol. The van der Waals surface area contributed by atoms with Gasteiger partial charge in [0, 0.05) is 17.8 Å². The number of nitrogens with one attached hydrogen (secondary N) is 1. The molecule has 0 fully saturated rings. The number of nitrogens with zero attached hydrogens (tertiary/aromatic N) is 1. The molecule has 0 amide bonds. The standard InChI is InChI=1S/C14H19ClN2O/c1-3-14(4-2,9-15)10-16-13-17-11-7-5-6-8-12(11)18-13/h5-8H,3-4,9-10H2,1-2H3,(H,16,17). The number of fused-ring (bicyclic) bond motifs is 1. The van der Waals surface area contributed by atoms with Crippen LogP contribution in [0.15, 0.2) is 28.7 Å². The van der Waals surface area contributed by atoms with Gasteiger partial charge in [0.25, 0.3) is 6.01 Å². The molecule has 0 saturated heterocycles. The molecule has 0 aliphatic heterocycles. The second-order valence-electron chi connectivity index (χ2n) is 4.68. The Labute approximate surface area is 113 Å². The second-order valence-corrected chi connectivity index (χ2v) is 4.95. The number of alkyl halides is 1. The van der Waals surface area contributed by atoms with E-state index in [1.54, 1.807) is 0 Å². The van der Waals surface area contributed by atoms with Crippen LogP contribution in [0.1, 0.15) is 26.7 Å². The van der Waals surface area contributed by atoms with Crippen molar-refractivity contribution in [3.05, 3.63) is 24.3 Å². The topological polar surface area (TPSA) is 38.1 Å². The molecule has 2 rings (SSSR count). The number of anilines is 1. The Morgan fingerprint density at radius 1 is 1.28 bits per heavy atom. The number of halogens is 1. The van der Waals surface area contributed by atoms with Crippen molar-refractivity contribution in [3.63, 3.8) is 0 Å². The van der Waals surface area contributed by atoms with E-state index in [1.165, 1.54) is 0 Å². The van der Waals surface area contributed by atoms with Crippen LogP contribution in [0, 0.1) is 5.41 Å². The lowest BCUT2D eigenvalue weighted by Crippen LogP contribution is -2.30. The summed E-state index contributed by atoms with van der Waals surface area (Å²) in [6, 6.07) is 8.34. The minimum absolute atomic E-state index is 0.113. The van der Waals surface area contributed by atoms with Gasteiger partial charge >= 0.3 is 0 Å². The Hall–Kier alpha value is -1.22. The van der Waals surface area contributed by atoms with Crippen LogP contribution in [0.3, 0.4) is 0 Å². The first-order valence-electron chi connectivity index (χ1n) is 6.38. The predicted octanol–water partition coefficient (Wildman–Crippen LogP) is 4.28. The zero-order valence-corrected chi connectivity index (χ0v) is 11.6. The third-order valence-corrected chi connectivity index (χ3v) is 4.26. The van der Waals surface area contributed by atoms with E-state index in [4.69, 9.17) is 16.0 Å². The average Bonchev–Trinajstić information content (AvgIpc) is 2.84. The molecule has 0 unspecified atom stereocenters. The molecule has 98 valence electrons. The van der Waals surface area contributed by atoms with Gasteiger partial charge in [-0.1, -0.05) is 26.0 Å². The van der Waals surface area contributed by atoms with E-state index in [9.17, 15) is 0 Å². The van der Waals surface area contributed by atoms with Crippen molar-refractivity contribution in [1.29, 1.82) is 0 Å². The molecule has 18 heavy (non-hydrogen) atoms. The molecule has 1 heterocycles. The molecular weight excluding hydrogens is 248 g/mol. The summed E-state index contributed by atoms with van der Waals surface area (Å²) in [5.41, 5.74) is 1.80. The van der Waals surface area contributed by atoms with Crippen LogP contribution in [0.5, 0.6) is 0 Å². The fourth-order valence-electron chi connectivity index (χ4n) is 1.95. The van der Waals surface area contributed by atoms with Gasteiger partial charge in [0.2, 0.25) is 0 Å². The molecule has 0 aliphatic carbocycles. The molecule has 0 aliphatic rings. The first-order valence-corrected chi connectivity index (χ1v) is 6.92. The maximum Gasteiger partial charge on any atom is 0.295 e. The van der Waals surface area contributed by atoms with E-state index in [2.05, 4.69) is 24.1 Å². The minimum atomic E-state index is 0.113. The van der Waals surface area contributed by atoms with Gasteiger partial charge in [0.15, 0.2) is 5.58 Å². The van der Waals surface area contributed by atoms with Crippen molar-refractivity contribution in [3.8, 4) is 0 Å². The summed E-state index contributed by atoms with van der Waals surface area (Å²) in [7, 11) is 0. The van der Waals surface area contributed by atoms with Gasteiger partial charge in [-0.3, -0.25) is 0 Å². The lowest BCUT2D eigenvalue weighted by Gasteiger charge is -2.28. The fourth-order valence-corrected chi connectivity index (χ4v) is 2.42. The number of para-hydroxylation sites is 2. The maximum atomic E-state index is 6.08. The van der Waals surface area contributed by atoms with Crippen LogP contribution in [0.2, 0.25) is 0 Å². The number of aromatic nitrogens is 1. The first kappa shape index (κ1) is 13.2. The van der Waals surface area contributed by atoms with E-state index in [1.807, 2.05) is 24.3 Å². The van der Waals surface area contributed by atoms with Gasteiger partial charge in [-0.2, -0.15) is 4.98 Å². The summed E-state index contributed by atoms with van der Waals surface area (Å²) in [6.45, 7) is 5.12. The van der Waals surface area contributed by atoms with Crippen molar-refractivity contribution in [1.82, 2.24) is 4.98 Å². The lowest BCUT2D eigenvalue weighted by atomic mass is 9.84. The smallest absolute Gasteiger partial charge is 0.295 e. The third kappa shape index (κ3) is 2.61. The van der Waals surface area contributed by atoms with E-state index in [0.29, 0.717) is 11.9 Å². The van der Waals surface area contributed by atoms with Crippen LogP contribution in [0.4, 0.5) is 6.01 Å². The zero-order chi connectivity index (χ0) is 13.0. The van der Waals surface area contributed by atoms with Gasteiger partial charge < -0.3 is 9.73 Å². The quantitative estimate of drug-likeness (QED) is 0.793. The van der Waals surface area contributed by atoms with Crippen LogP contribution >= 0.6 is 11.6 Å². The van der Waals surface area contributed by atoms with Gasteiger partial charge in [0.05, 0.1) is 0 Å². The molecule has 3 nitrogen and oxygen atoms in total. The highest BCUT2D eigenvalue weighted by Gasteiger charge is 2.25. The molecule has 1 aromatic heterocycles. The highest BCUT2D eigenvalue weighted by molar-refractivity contribution is 6.18. The van der Waals surface area contributed by atoms with E-state index in [0.717, 1.165) is 30.5 Å². The Morgan fingerprint density at radius 2 is 2.00 bits per heavy atom. The second kappa shape index (κ2) is 5.61. The number of hydrogen-bond donors (Lipinski definition) is 1. The Balaban J connectivity index is 2.09. The molecule has 0 saturated carbocycles. The summed E-state index contributed by atoms with van der Waals surface area (Å²) in [6.07, 6.45) is 2.08. The molecule has 2 aromatic rings. The van der Waals surface area contributed by atoms with Crippen molar-refractivity contribution >= 4 is 28.7 Å². The van der Waals surface area contributed by atoms with Crippen molar-refractivity contribution < 1.29 is 4.42 Å². The van der Waals surface area contributed by atoms with E-state index >= 15 is 0 Å². The summed E-state index contributed by atoms with van der Waals surface area (Å²) in [5, 5.41) is 3.27. The van der Waals surface area contributed by atoms with Crippen molar-refractivity contribution in [2.45, 2.75) is 26.7 Å². The molecular formula is C14H19ClN2O. The molecule has 1 aromatic carbocycles. The SMILES string of the molecule is CCC(CC)(CCl)CNc1nc2ccccc2o1. The number of oxazole rings is 1. The normalized spacial score (nSPS) is 11.9. The Bertz CT molecular complexity index is 464. The van der Waals surface area contributed by atoms with E-state index in [-0.39, 0.29) is 5.41 Å². The van der Waals surface area contributed by atoms with Crippen LogP contribution in [-0.4, -0.2) is 17.4 Å². The van der Waals surface area contributed by atoms with Gasteiger partial charge in [-0.25, -0.2) is 0 Å². The summed E-state index contributed by atoms with van der Waals surface area (Å²) in [5.74, 6) is 0.646. The zero-order valence-electron chi connectivity index (χ0n) is 10.9. The van der Waals surface area contributed by atoms with Crippen molar-refractivity contribution in [2.24, 2.45) is 5.41 Å². The largest absolute Gasteiger partial charge is 0.424 e. The van der Waals surface area contributed by atoms with E-state index < -0.39 is 0 Å². The predicted molar refractivity (Wildman–Crippen MR) is 76.2 cm³/mol. The molecule has 0 bridgehead atoms. The highest BCUT2D eigenvalue weighted by atomic mass is 35.5. The number of rotatable bonds is 6. The number of benzene rings is 1. The monoisotopic (exact) mass is 266 g/mol. The Morgan fingerprint density at radius 3 is 2.61 bits per heavy atom. The maximum absolute atomic E-state index is 6.08. The summed E-state index contributed by atoms with van der Waals surface area (Å²) < 4.78 is 5.63.